The number of benzene rings is 2. The highest BCUT2D eigenvalue weighted by atomic mass is 16.6. The van der Waals surface area contributed by atoms with Crippen LogP contribution < -0.4 is 4.74 Å². The smallest absolute Gasteiger partial charge is 0.273 e. The van der Waals surface area contributed by atoms with E-state index in [1.807, 2.05) is 0 Å². The average molecular weight is 327 g/mol. The summed E-state index contributed by atoms with van der Waals surface area (Å²) in [4.78, 5) is 22.4. The number of carbonyl (C=O) groups excluding carboxylic acids is 1. The number of ether oxygens (including phenoxy) is 1. The summed E-state index contributed by atoms with van der Waals surface area (Å²) in [5.41, 5.74) is 2.59. The van der Waals surface area contributed by atoms with E-state index in [4.69, 9.17) is 4.74 Å². The van der Waals surface area contributed by atoms with Gasteiger partial charge in [-0.3, -0.25) is 14.9 Å². The lowest BCUT2D eigenvalue weighted by atomic mass is 10.0. The second kappa shape index (κ2) is 5.96. The Morgan fingerprint density at radius 2 is 1.96 bits per heavy atom. The quantitative estimate of drug-likeness (QED) is 0.519. The molecule has 3 rings (SSSR count). The Bertz CT molecular complexity index is 857. The van der Waals surface area contributed by atoms with E-state index in [1.165, 1.54) is 25.1 Å². The van der Waals surface area contributed by atoms with Crippen molar-refractivity contribution in [2.45, 2.75) is 33.1 Å². The number of rotatable bonds is 4. The van der Waals surface area contributed by atoms with Crippen LogP contribution in [0.25, 0.3) is 0 Å². The topological polar surface area (TPSA) is 89.7 Å². The Labute approximate surface area is 138 Å². The number of hydrogen-bond acceptors (Lipinski definition) is 5. The highest BCUT2D eigenvalue weighted by molar-refractivity contribution is 5.97. The number of ketones is 1. The van der Waals surface area contributed by atoms with Gasteiger partial charge in [-0.25, -0.2) is 0 Å². The number of nitro groups is 1. The zero-order valence-electron chi connectivity index (χ0n) is 13.5. The number of phenols is 1. The van der Waals surface area contributed by atoms with Crippen LogP contribution in [0, 0.1) is 17.0 Å². The molecule has 0 aromatic heterocycles. The molecule has 0 aliphatic heterocycles. The summed E-state index contributed by atoms with van der Waals surface area (Å²) in [7, 11) is 0. The summed E-state index contributed by atoms with van der Waals surface area (Å²) in [5.74, 6) is 0.668. The standard InChI is InChI=1S/C18H17NO5/c1-10-8-16(19(22)23)13-4-3-5-14(13)18(10)24-12-6-7-17(21)15(9-12)11(2)20/h6-9,21H,3-5H2,1-2H3. The highest BCUT2D eigenvalue weighted by Crippen LogP contribution is 2.41. The molecule has 1 aliphatic rings. The summed E-state index contributed by atoms with van der Waals surface area (Å²) >= 11 is 0. The van der Waals surface area contributed by atoms with E-state index in [0.717, 1.165) is 24.0 Å². The molecule has 1 N–H and O–H groups in total. The fraction of sp³-hybridized carbons (Fsp3) is 0.278. The van der Waals surface area contributed by atoms with Gasteiger partial charge in [0.25, 0.3) is 5.69 Å². The fourth-order valence-corrected chi connectivity index (χ4v) is 3.16. The molecule has 2 aromatic rings. The fourth-order valence-electron chi connectivity index (χ4n) is 3.16. The monoisotopic (exact) mass is 327 g/mol. The first-order valence-corrected chi connectivity index (χ1v) is 7.70. The first-order chi connectivity index (χ1) is 11.4. The molecule has 0 heterocycles. The first-order valence-electron chi connectivity index (χ1n) is 7.70. The lowest BCUT2D eigenvalue weighted by Gasteiger charge is -2.14. The molecule has 0 saturated carbocycles. The van der Waals surface area contributed by atoms with Gasteiger partial charge in [-0.1, -0.05) is 0 Å². The molecular weight excluding hydrogens is 310 g/mol. The van der Waals surface area contributed by atoms with Gasteiger partial charge in [0.15, 0.2) is 5.78 Å². The van der Waals surface area contributed by atoms with Crippen molar-refractivity contribution in [2.75, 3.05) is 0 Å². The third-order valence-corrected chi connectivity index (χ3v) is 4.28. The van der Waals surface area contributed by atoms with E-state index in [1.54, 1.807) is 13.0 Å². The summed E-state index contributed by atoms with van der Waals surface area (Å²) in [6.07, 6.45) is 2.24. The van der Waals surface area contributed by atoms with E-state index < -0.39 is 0 Å². The Kier molecular flexibility index (Phi) is 3.97. The van der Waals surface area contributed by atoms with Crippen LogP contribution >= 0.6 is 0 Å². The van der Waals surface area contributed by atoms with Gasteiger partial charge in [-0.15, -0.1) is 0 Å². The van der Waals surface area contributed by atoms with Crippen molar-refractivity contribution >= 4 is 11.5 Å². The van der Waals surface area contributed by atoms with Gasteiger partial charge < -0.3 is 9.84 Å². The number of phenolic OH excluding ortho intramolecular Hbond substituents is 1. The minimum absolute atomic E-state index is 0.0968. The van der Waals surface area contributed by atoms with Crippen molar-refractivity contribution in [1.29, 1.82) is 0 Å². The van der Waals surface area contributed by atoms with Gasteiger partial charge in [-0.05, 0) is 56.9 Å². The second-order valence-electron chi connectivity index (χ2n) is 5.95. The van der Waals surface area contributed by atoms with Gasteiger partial charge in [0.2, 0.25) is 0 Å². The average Bonchev–Trinajstić information content (AvgIpc) is 3.00. The predicted octanol–water partition coefficient (Wildman–Crippen LogP) is 4.09. The minimum atomic E-state index is -0.352. The largest absolute Gasteiger partial charge is 0.507 e. The molecule has 0 saturated heterocycles. The molecule has 24 heavy (non-hydrogen) atoms. The lowest BCUT2D eigenvalue weighted by molar-refractivity contribution is -0.385. The lowest BCUT2D eigenvalue weighted by Crippen LogP contribution is -2.00. The molecule has 0 atom stereocenters. The van der Waals surface area contributed by atoms with Crippen LogP contribution in [0.1, 0.15) is 40.4 Å². The van der Waals surface area contributed by atoms with Crippen molar-refractivity contribution in [2.24, 2.45) is 0 Å². The Hall–Kier alpha value is -2.89. The Morgan fingerprint density at radius 1 is 1.25 bits per heavy atom. The number of aryl methyl sites for hydroxylation is 1. The third kappa shape index (κ3) is 2.71. The molecule has 6 nitrogen and oxygen atoms in total. The molecule has 1 aliphatic carbocycles. The number of Topliss-reactive ketones (excluding diaryl/α,β-unsaturated/α-hetero) is 1. The molecule has 6 heteroatoms. The molecule has 124 valence electrons. The van der Waals surface area contributed by atoms with Crippen LogP contribution in [-0.2, 0) is 12.8 Å². The molecule has 0 radical (unpaired) electrons. The Morgan fingerprint density at radius 3 is 2.62 bits per heavy atom. The summed E-state index contributed by atoms with van der Waals surface area (Å²) in [5, 5.41) is 21.0. The molecule has 0 spiro atoms. The van der Waals surface area contributed by atoms with Crippen LogP contribution in [0.4, 0.5) is 5.69 Å². The number of carbonyl (C=O) groups is 1. The maximum atomic E-state index is 11.6. The maximum Gasteiger partial charge on any atom is 0.273 e. The van der Waals surface area contributed by atoms with Crippen LogP contribution in [0.3, 0.4) is 0 Å². The van der Waals surface area contributed by atoms with Crippen molar-refractivity contribution in [3.63, 3.8) is 0 Å². The zero-order chi connectivity index (χ0) is 17.4. The second-order valence-corrected chi connectivity index (χ2v) is 5.95. The van der Waals surface area contributed by atoms with Gasteiger partial charge in [-0.2, -0.15) is 0 Å². The molecule has 2 aromatic carbocycles. The molecule has 0 bridgehead atoms. The normalized spacial score (nSPS) is 12.8. The van der Waals surface area contributed by atoms with Crippen molar-refractivity contribution < 1.29 is 19.6 Å². The van der Waals surface area contributed by atoms with Crippen LogP contribution in [0.15, 0.2) is 24.3 Å². The summed E-state index contributed by atoms with van der Waals surface area (Å²) < 4.78 is 5.95. The summed E-state index contributed by atoms with van der Waals surface area (Å²) in [6, 6.07) is 6.00. The van der Waals surface area contributed by atoms with Gasteiger partial charge in [0.05, 0.1) is 10.5 Å². The van der Waals surface area contributed by atoms with Crippen LogP contribution in [-0.4, -0.2) is 15.8 Å². The number of nitrogens with zero attached hydrogens (tertiary/aromatic N) is 1. The highest BCUT2D eigenvalue weighted by Gasteiger charge is 2.27. The van der Waals surface area contributed by atoms with Gasteiger partial charge >= 0.3 is 0 Å². The molecule has 0 amide bonds. The van der Waals surface area contributed by atoms with Crippen molar-refractivity contribution in [3.05, 3.63) is 56.6 Å². The van der Waals surface area contributed by atoms with Crippen LogP contribution in [0.2, 0.25) is 0 Å². The predicted molar refractivity (Wildman–Crippen MR) is 88.0 cm³/mol. The van der Waals surface area contributed by atoms with E-state index in [9.17, 15) is 20.0 Å². The third-order valence-electron chi connectivity index (χ3n) is 4.28. The van der Waals surface area contributed by atoms with E-state index in [-0.39, 0.29) is 27.7 Å². The first kappa shape index (κ1) is 16.0. The minimum Gasteiger partial charge on any atom is -0.507 e. The van der Waals surface area contributed by atoms with E-state index in [0.29, 0.717) is 23.5 Å². The molecule has 0 unspecified atom stereocenters. The zero-order valence-corrected chi connectivity index (χ0v) is 13.5. The number of fused-ring (bicyclic) bond motifs is 1. The SMILES string of the molecule is CC(=O)c1cc(Oc2c(C)cc([N+](=O)[O-])c3c2CCC3)ccc1O. The number of hydrogen-bond donors (Lipinski definition) is 1. The maximum absolute atomic E-state index is 11.6. The van der Waals surface area contributed by atoms with E-state index >= 15 is 0 Å². The summed E-state index contributed by atoms with van der Waals surface area (Å²) in [6.45, 7) is 3.14. The van der Waals surface area contributed by atoms with Crippen molar-refractivity contribution in [3.8, 4) is 17.2 Å². The van der Waals surface area contributed by atoms with Gasteiger partial charge in [0, 0.05) is 17.2 Å². The van der Waals surface area contributed by atoms with Crippen molar-refractivity contribution in [1.82, 2.24) is 0 Å². The van der Waals surface area contributed by atoms with Crippen LogP contribution in [0.5, 0.6) is 17.2 Å². The number of aromatic hydroxyl groups is 1. The van der Waals surface area contributed by atoms with Gasteiger partial charge in [0.1, 0.15) is 17.2 Å². The molecule has 0 fully saturated rings. The number of nitro benzene ring substituents is 1. The van der Waals surface area contributed by atoms with E-state index in [2.05, 4.69) is 0 Å². The Balaban J connectivity index is 2.06. The molecular formula is C18H17NO5.